The first-order valence-electron chi connectivity index (χ1n) is 6.69. The second-order valence-corrected chi connectivity index (χ2v) is 6.23. The number of thiazole rings is 1. The number of hydrogen-bond donors (Lipinski definition) is 2. The molecule has 3 rings (SSSR count). The molecule has 0 saturated heterocycles. The highest BCUT2D eigenvalue weighted by Crippen LogP contribution is 2.23. The van der Waals surface area contributed by atoms with Gasteiger partial charge in [0.2, 0.25) is 0 Å². The number of nitrogens with two attached hydrogens (primary N) is 1. The Kier molecular flexibility index (Phi) is 4.50. The topological polar surface area (TPSA) is 93.8 Å². The number of halogens is 1. The number of hydrogen-bond acceptors (Lipinski definition) is 6. The zero-order valence-corrected chi connectivity index (χ0v) is 13.4. The van der Waals surface area contributed by atoms with Crippen molar-refractivity contribution in [1.29, 1.82) is 0 Å². The summed E-state index contributed by atoms with van der Waals surface area (Å²) >= 11 is 7.36. The maximum atomic E-state index is 12.1. The van der Waals surface area contributed by atoms with Crippen molar-refractivity contribution in [3.05, 3.63) is 64.0 Å². The molecule has 1 amide bonds. The van der Waals surface area contributed by atoms with Crippen LogP contribution in [-0.4, -0.2) is 20.9 Å². The molecule has 8 heteroatoms. The van der Waals surface area contributed by atoms with Crippen LogP contribution in [0, 0.1) is 0 Å². The number of aromatic nitrogens is 3. The summed E-state index contributed by atoms with van der Waals surface area (Å²) in [5, 5.41) is 3.85. The number of nitrogen functional groups attached to an aromatic ring is 1. The van der Waals surface area contributed by atoms with E-state index in [1.54, 1.807) is 6.20 Å². The minimum atomic E-state index is -0.431. The summed E-state index contributed by atoms with van der Waals surface area (Å²) in [7, 11) is 0. The predicted molar refractivity (Wildman–Crippen MR) is 90.8 cm³/mol. The molecular formula is C15H12ClN5OS. The van der Waals surface area contributed by atoms with Gasteiger partial charge in [-0.2, -0.15) is 0 Å². The van der Waals surface area contributed by atoms with Crippen molar-refractivity contribution in [2.75, 3.05) is 11.1 Å². The Morgan fingerprint density at radius 1 is 1.26 bits per heavy atom. The van der Waals surface area contributed by atoms with Gasteiger partial charge in [-0.3, -0.25) is 10.1 Å². The third-order valence-electron chi connectivity index (χ3n) is 2.98. The second-order valence-electron chi connectivity index (χ2n) is 4.68. The number of carbonyl (C=O) groups excluding carboxylic acids is 1. The van der Waals surface area contributed by atoms with E-state index in [0.717, 1.165) is 10.4 Å². The number of benzene rings is 1. The normalized spacial score (nSPS) is 10.5. The maximum absolute atomic E-state index is 12.1. The summed E-state index contributed by atoms with van der Waals surface area (Å²) in [6.07, 6.45) is 5.26. The van der Waals surface area contributed by atoms with Gasteiger partial charge in [0.25, 0.3) is 5.91 Å². The lowest BCUT2D eigenvalue weighted by Crippen LogP contribution is -2.16. The molecule has 0 unspecified atom stereocenters. The predicted octanol–water partition coefficient (Wildman–Crippen LogP) is 3.01. The molecule has 0 fully saturated rings. The van der Waals surface area contributed by atoms with E-state index in [4.69, 9.17) is 17.3 Å². The lowest BCUT2D eigenvalue weighted by Gasteiger charge is -2.02. The van der Waals surface area contributed by atoms with E-state index in [-0.39, 0.29) is 11.5 Å². The quantitative estimate of drug-likeness (QED) is 0.758. The van der Waals surface area contributed by atoms with Gasteiger partial charge in [0.1, 0.15) is 0 Å². The Hall–Kier alpha value is -2.51. The van der Waals surface area contributed by atoms with E-state index in [9.17, 15) is 4.79 Å². The van der Waals surface area contributed by atoms with E-state index in [2.05, 4.69) is 20.3 Å². The molecule has 2 heterocycles. The largest absolute Gasteiger partial charge is 0.382 e. The van der Waals surface area contributed by atoms with Crippen LogP contribution < -0.4 is 11.1 Å². The first kappa shape index (κ1) is 15.4. The molecule has 0 spiro atoms. The molecule has 0 atom stereocenters. The first-order valence-corrected chi connectivity index (χ1v) is 7.88. The van der Waals surface area contributed by atoms with Crippen LogP contribution in [0.1, 0.15) is 20.9 Å². The summed E-state index contributed by atoms with van der Waals surface area (Å²) in [4.78, 5) is 25.1. The summed E-state index contributed by atoms with van der Waals surface area (Å²) < 4.78 is 0. The second kappa shape index (κ2) is 6.72. The van der Waals surface area contributed by atoms with Gasteiger partial charge in [-0.15, -0.1) is 11.3 Å². The Bertz CT molecular complexity index is 851. The molecule has 0 radical (unpaired) electrons. The van der Waals surface area contributed by atoms with Gasteiger partial charge in [-0.05, 0) is 17.7 Å². The van der Waals surface area contributed by atoms with E-state index in [1.807, 2.05) is 24.3 Å². The van der Waals surface area contributed by atoms with Gasteiger partial charge >= 0.3 is 0 Å². The smallest absolute Gasteiger partial charge is 0.279 e. The molecule has 116 valence electrons. The molecule has 0 saturated carbocycles. The van der Waals surface area contributed by atoms with Crippen molar-refractivity contribution in [2.45, 2.75) is 6.42 Å². The molecule has 0 bridgehead atoms. The summed E-state index contributed by atoms with van der Waals surface area (Å²) in [6, 6.07) is 7.62. The van der Waals surface area contributed by atoms with Crippen molar-refractivity contribution in [3.8, 4) is 0 Å². The summed E-state index contributed by atoms with van der Waals surface area (Å²) in [6.45, 7) is 0. The molecule has 3 N–H and O–H groups in total. The minimum absolute atomic E-state index is 0.0825. The fraction of sp³-hybridized carbons (Fsp3) is 0.0667. The van der Waals surface area contributed by atoms with Crippen molar-refractivity contribution in [3.63, 3.8) is 0 Å². The fourth-order valence-corrected chi connectivity index (χ4v) is 3.03. The highest BCUT2D eigenvalue weighted by Gasteiger charge is 2.14. The van der Waals surface area contributed by atoms with Gasteiger partial charge in [-0.1, -0.05) is 23.7 Å². The highest BCUT2D eigenvalue weighted by molar-refractivity contribution is 7.15. The van der Waals surface area contributed by atoms with E-state index in [0.29, 0.717) is 16.6 Å². The number of rotatable bonds is 4. The van der Waals surface area contributed by atoms with Crippen LogP contribution in [0.3, 0.4) is 0 Å². The van der Waals surface area contributed by atoms with E-state index >= 15 is 0 Å². The van der Waals surface area contributed by atoms with Crippen molar-refractivity contribution in [1.82, 2.24) is 15.0 Å². The van der Waals surface area contributed by atoms with Crippen molar-refractivity contribution in [2.24, 2.45) is 0 Å². The van der Waals surface area contributed by atoms with Crippen LogP contribution in [0.25, 0.3) is 0 Å². The molecule has 0 aliphatic carbocycles. The third kappa shape index (κ3) is 3.82. The molecule has 23 heavy (non-hydrogen) atoms. The third-order valence-corrected chi connectivity index (χ3v) is 4.13. The monoisotopic (exact) mass is 345 g/mol. The number of amides is 1. The average molecular weight is 346 g/mol. The molecule has 2 aromatic heterocycles. The molecular weight excluding hydrogens is 334 g/mol. The zero-order valence-electron chi connectivity index (χ0n) is 11.9. The van der Waals surface area contributed by atoms with Gasteiger partial charge in [-0.25, -0.2) is 15.0 Å². The zero-order chi connectivity index (χ0) is 16.2. The number of anilines is 2. The Labute approximate surface area is 141 Å². The maximum Gasteiger partial charge on any atom is 0.279 e. The van der Waals surface area contributed by atoms with Gasteiger partial charge in [0, 0.05) is 34.9 Å². The Balaban J connectivity index is 1.70. The number of nitrogens with zero attached hydrogens (tertiary/aromatic N) is 3. The van der Waals surface area contributed by atoms with Crippen LogP contribution in [0.5, 0.6) is 0 Å². The van der Waals surface area contributed by atoms with Crippen LogP contribution in [-0.2, 0) is 6.42 Å². The van der Waals surface area contributed by atoms with E-state index < -0.39 is 5.91 Å². The average Bonchev–Trinajstić information content (AvgIpc) is 2.94. The van der Waals surface area contributed by atoms with Crippen LogP contribution in [0.4, 0.5) is 10.9 Å². The van der Waals surface area contributed by atoms with Crippen LogP contribution in [0.15, 0.2) is 42.9 Å². The van der Waals surface area contributed by atoms with Crippen molar-refractivity contribution < 1.29 is 4.79 Å². The number of carbonyl (C=O) groups is 1. The first-order chi connectivity index (χ1) is 11.1. The number of nitrogens with one attached hydrogen (secondary N) is 1. The Morgan fingerprint density at radius 3 is 2.87 bits per heavy atom. The Morgan fingerprint density at radius 2 is 2.09 bits per heavy atom. The fourth-order valence-electron chi connectivity index (χ4n) is 1.98. The molecule has 3 aromatic rings. The van der Waals surface area contributed by atoms with Gasteiger partial charge in [0.15, 0.2) is 16.6 Å². The summed E-state index contributed by atoms with van der Waals surface area (Å²) in [5.74, 6) is -0.347. The van der Waals surface area contributed by atoms with Gasteiger partial charge < -0.3 is 5.73 Å². The van der Waals surface area contributed by atoms with Gasteiger partial charge in [0.05, 0.1) is 0 Å². The molecule has 0 aliphatic heterocycles. The van der Waals surface area contributed by atoms with Crippen LogP contribution >= 0.6 is 22.9 Å². The van der Waals surface area contributed by atoms with Crippen LogP contribution in [0.2, 0.25) is 5.02 Å². The van der Waals surface area contributed by atoms with Crippen molar-refractivity contribution >= 4 is 39.8 Å². The SMILES string of the molecule is Nc1nccnc1C(=O)Nc1ncc(Cc2cccc(Cl)c2)s1. The standard InChI is InChI=1S/C15H12ClN5OS/c16-10-3-1-2-9(6-10)7-11-8-20-15(23-11)21-14(22)12-13(17)19-5-4-18-12/h1-6,8H,7H2,(H2,17,19)(H,20,21,22). The van der Waals surface area contributed by atoms with E-state index in [1.165, 1.54) is 23.7 Å². The highest BCUT2D eigenvalue weighted by atomic mass is 35.5. The lowest BCUT2D eigenvalue weighted by atomic mass is 10.1. The molecule has 1 aromatic carbocycles. The summed E-state index contributed by atoms with van der Waals surface area (Å²) in [5.41, 5.74) is 6.80. The molecule has 6 nitrogen and oxygen atoms in total. The lowest BCUT2D eigenvalue weighted by molar-refractivity contribution is 0.102. The minimum Gasteiger partial charge on any atom is -0.382 e. The molecule has 0 aliphatic rings.